The van der Waals surface area contributed by atoms with Crippen molar-refractivity contribution in [3.8, 4) is 5.75 Å². The lowest BCUT2D eigenvalue weighted by Gasteiger charge is -2.10. The lowest BCUT2D eigenvalue weighted by atomic mass is 10.0. The van der Waals surface area contributed by atoms with Gasteiger partial charge >= 0.3 is 0 Å². The second kappa shape index (κ2) is 4.72. The SMILES string of the molecule is COc1ccc(C(O)c2ccnnc2)cc1. The van der Waals surface area contributed by atoms with Crippen molar-refractivity contribution in [1.29, 1.82) is 0 Å². The molecule has 0 saturated carbocycles. The molecule has 4 nitrogen and oxygen atoms in total. The molecule has 0 radical (unpaired) electrons. The van der Waals surface area contributed by atoms with E-state index in [-0.39, 0.29) is 0 Å². The monoisotopic (exact) mass is 216 g/mol. The third-order valence-corrected chi connectivity index (χ3v) is 2.35. The number of benzene rings is 1. The van der Waals surface area contributed by atoms with Gasteiger partial charge in [-0.3, -0.25) is 0 Å². The van der Waals surface area contributed by atoms with Gasteiger partial charge in [-0.1, -0.05) is 12.1 Å². The fourth-order valence-corrected chi connectivity index (χ4v) is 1.44. The number of ether oxygens (including phenoxy) is 1. The summed E-state index contributed by atoms with van der Waals surface area (Å²) in [5.41, 5.74) is 1.52. The molecule has 0 aliphatic rings. The van der Waals surface area contributed by atoms with Crippen LogP contribution in [0.3, 0.4) is 0 Å². The molecule has 0 aliphatic heterocycles. The van der Waals surface area contributed by atoms with Gasteiger partial charge in [0.25, 0.3) is 0 Å². The molecule has 1 atom stereocenters. The fraction of sp³-hybridized carbons (Fsp3) is 0.167. The predicted molar refractivity (Wildman–Crippen MR) is 59.1 cm³/mol. The van der Waals surface area contributed by atoms with Crippen LogP contribution in [0.25, 0.3) is 0 Å². The minimum Gasteiger partial charge on any atom is -0.497 e. The first kappa shape index (κ1) is 10.6. The van der Waals surface area contributed by atoms with Crippen LogP contribution in [0.2, 0.25) is 0 Å². The zero-order chi connectivity index (χ0) is 11.4. The number of aromatic nitrogens is 2. The zero-order valence-corrected chi connectivity index (χ0v) is 8.87. The maximum absolute atomic E-state index is 10.0. The summed E-state index contributed by atoms with van der Waals surface area (Å²) in [6.45, 7) is 0. The second-order valence-electron chi connectivity index (χ2n) is 3.35. The molecular weight excluding hydrogens is 204 g/mol. The Morgan fingerprint density at radius 3 is 2.38 bits per heavy atom. The van der Waals surface area contributed by atoms with Crippen LogP contribution in [0.1, 0.15) is 17.2 Å². The second-order valence-corrected chi connectivity index (χ2v) is 3.35. The summed E-state index contributed by atoms with van der Waals surface area (Å²) >= 11 is 0. The van der Waals surface area contributed by atoms with Gasteiger partial charge in [0.15, 0.2) is 0 Å². The van der Waals surface area contributed by atoms with E-state index in [1.54, 1.807) is 25.6 Å². The molecule has 1 unspecified atom stereocenters. The Morgan fingerprint density at radius 2 is 1.81 bits per heavy atom. The van der Waals surface area contributed by atoms with Gasteiger partial charge in [0, 0.05) is 11.8 Å². The Kier molecular flexibility index (Phi) is 3.12. The number of rotatable bonds is 3. The van der Waals surface area contributed by atoms with Crippen molar-refractivity contribution >= 4 is 0 Å². The number of nitrogens with zero attached hydrogens (tertiary/aromatic N) is 2. The van der Waals surface area contributed by atoms with Gasteiger partial charge in [0.05, 0.1) is 13.3 Å². The van der Waals surface area contributed by atoms with Crippen molar-refractivity contribution in [2.24, 2.45) is 0 Å². The molecule has 82 valence electrons. The topological polar surface area (TPSA) is 55.2 Å². The molecule has 0 bridgehead atoms. The van der Waals surface area contributed by atoms with E-state index < -0.39 is 6.10 Å². The number of aliphatic hydroxyl groups is 1. The van der Waals surface area contributed by atoms with E-state index in [9.17, 15) is 5.11 Å². The Morgan fingerprint density at radius 1 is 1.06 bits per heavy atom. The summed E-state index contributed by atoms with van der Waals surface area (Å²) in [7, 11) is 1.61. The molecule has 0 amide bonds. The molecule has 2 rings (SSSR count). The Balaban J connectivity index is 2.24. The average Bonchev–Trinajstić information content (AvgIpc) is 2.39. The van der Waals surface area contributed by atoms with E-state index in [0.717, 1.165) is 16.9 Å². The van der Waals surface area contributed by atoms with Crippen molar-refractivity contribution in [3.05, 3.63) is 53.9 Å². The minimum absolute atomic E-state index is 0.679. The molecule has 16 heavy (non-hydrogen) atoms. The summed E-state index contributed by atoms with van der Waals surface area (Å²) < 4.78 is 5.05. The molecule has 0 aliphatic carbocycles. The van der Waals surface area contributed by atoms with E-state index >= 15 is 0 Å². The van der Waals surface area contributed by atoms with Gasteiger partial charge in [0.1, 0.15) is 11.9 Å². The molecule has 4 heteroatoms. The largest absolute Gasteiger partial charge is 0.497 e. The van der Waals surface area contributed by atoms with Crippen LogP contribution >= 0.6 is 0 Å². The summed E-state index contributed by atoms with van der Waals surface area (Å²) in [6, 6.07) is 9.01. The predicted octanol–water partition coefficient (Wildman–Crippen LogP) is 1.57. The molecule has 0 fully saturated rings. The molecule has 1 heterocycles. The highest BCUT2D eigenvalue weighted by Gasteiger charge is 2.10. The summed E-state index contributed by atoms with van der Waals surface area (Å²) in [6.07, 6.45) is 2.43. The van der Waals surface area contributed by atoms with Crippen LogP contribution in [-0.4, -0.2) is 22.4 Å². The van der Waals surface area contributed by atoms with Gasteiger partial charge in [-0.2, -0.15) is 10.2 Å². The van der Waals surface area contributed by atoms with Crippen molar-refractivity contribution in [2.75, 3.05) is 7.11 Å². The van der Waals surface area contributed by atoms with E-state index in [4.69, 9.17) is 4.74 Å². The average molecular weight is 216 g/mol. The van der Waals surface area contributed by atoms with Crippen LogP contribution in [-0.2, 0) is 0 Å². The van der Waals surface area contributed by atoms with Gasteiger partial charge < -0.3 is 9.84 Å². The third-order valence-electron chi connectivity index (χ3n) is 2.35. The van der Waals surface area contributed by atoms with Gasteiger partial charge in [-0.15, -0.1) is 0 Å². The minimum atomic E-state index is -0.679. The van der Waals surface area contributed by atoms with Crippen molar-refractivity contribution < 1.29 is 9.84 Å². The number of methoxy groups -OCH3 is 1. The highest BCUT2D eigenvalue weighted by atomic mass is 16.5. The Hall–Kier alpha value is -1.94. The van der Waals surface area contributed by atoms with E-state index in [1.807, 2.05) is 24.3 Å². The number of hydrogen-bond donors (Lipinski definition) is 1. The highest BCUT2D eigenvalue weighted by molar-refractivity contribution is 5.32. The van der Waals surface area contributed by atoms with Crippen molar-refractivity contribution in [3.63, 3.8) is 0 Å². The first-order valence-corrected chi connectivity index (χ1v) is 4.90. The van der Waals surface area contributed by atoms with Crippen LogP contribution in [0.5, 0.6) is 5.75 Å². The van der Waals surface area contributed by atoms with Crippen molar-refractivity contribution in [1.82, 2.24) is 10.2 Å². The van der Waals surface area contributed by atoms with Gasteiger partial charge in [0.2, 0.25) is 0 Å². The maximum atomic E-state index is 10.0. The first-order chi connectivity index (χ1) is 7.81. The van der Waals surface area contributed by atoms with E-state index in [0.29, 0.717) is 0 Å². The Bertz CT molecular complexity index is 442. The standard InChI is InChI=1S/C12H12N2O2/c1-16-11-4-2-9(3-5-11)12(15)10-6-7-13-14-8-10/h2-8,12,15H,1H3. The lowest BCUT2D eigenvalue weighted by Crippen LogP contribution is -2.00. The molecular formula is C12H12N2O2. The zero-order valence-electron chi connectivity index (χ0n) is 8.87. The lowest BCUT2D eigenvalue weighted by molar-refractivity contribution is 0.219. The molecule has 1 aromatic carbocycles. The van der Waals surface area contributed by atoms with Crippen LogP contribution in [0.15, 0.2) is 42.7 Å². The quantitative estimate of drug-likeness (QED) is 0.846. The third kappa shape index (κ3) is 2.17. The van der Waals surface area contributed by atoms with E-state index in [1.165, 1.54) is 0 Å². The number of hydrogen-bond acceptors (Lipinski definition) is 4. The molecule has 0 saturated heterocycles. The smallest absolute Gasteiger partial charge is 0.118 e. The highest BCUT2D eigenvalue weighted by Crippen LogP contribution is 2.22. The van der Waals surface area contributed by atoms with Crippen LogP contribution in [0.4, 0.5) is 0 Å². The number of aliphatic hydroxyl groups excluding tert-OH is 1. The maximum Gasteiger partial charge on any atom is 0.118 e. The summed E-state index contributed by atoms with van der Waals surface area (Å²) in [4.78, 5) is 0. The van der Waals surface area contributed by atoms with Gasteiger partial charge in [-0.05, 0) is 23.8 Å². The van der Waals surface area contributed by atoms with Crippen LogP contribution in [0, 0.1) is 0 Å². The molecule has 1 aromatic heterocycles. The van der Waals surface area contributed by atoms with Crippen molar-refractivity contribution in [2.45, 2.75) is 6.10 Å². The summed E-state index contributed by atoms with van der Waals surface area (Å²) in [5, 5.41) is 17.4. The van der Waals surface area contributed by atoms with Gasteiger partial charge in [-0.25, -0.2) is 0 Å². The van der Waals surface area contributed by atoms with Crippen LogP contribution < -0.4 is 4.74 Å². The molecule has 2 aromatic rings. The molecule has 1 N–H and O–H groups in total. The normalized spacial score (nSPS) is 12.1. The summed E-state index contributed by atoms with van der Waals surface area (Å²) in [5.74, 6) is 0.767. The molecule has 0 spiro atoms. The Labute approximate surface area is 93.5 Å². The van der Waals surface area contributed by atoms with E-state index in [2.05, 4.69) is 10.2 Å². The fourth-order valence-electron chi connectivity index (χ4n) is 1.44. The first-order valence-electron chi connectivity index (χ1n) is 4.90.